The van der Waals surface area contributed by atoms with E-state index in [2.05, 4.69) is 0 Å². The van der Waals surface area contributed by atoms with Gasteiger partial charge in [-0.1, -0.05) is 71.3 Å². The second-order valence-electron chi connectivity index (χ2n) is 8.62. The highest BCUT2D eigenvalue weighted by Gasteiger charge is 2.25. The molecule has 0 unspecified atom stereocenters. The summed E-state index contributed by atoms with van der Waals surface area (Å²) in [6.07, 6.45) is -0.907. The number of aromatic nitrogens is 1. The van der Waals surface area contributed by atoms with E-state index in [1.807, 2.05) is 82.3 Å². The SMILES string of the molecule is Cc1ccc(C(=O)[C@H](C)OC(=O)c2c(C)c(-c3ccc(C)cc3)nc3ccc(C)cc23)cc1. The molecular formula is C29H27NO3. The zero-order valence-electron chi connectivity index (χ0n) is 19.6. The van der Waals surface area contributed by atoms with Gasteiger partial charge in [-0.15, -0.1) is 0 Å². The summed E-state index contributed by atoms with van der Waals surface area (Å²) < 4.78 is 5.71. The van der Waals surface area contributed by atoms with Crippen LogP contribution in [0.5, 0.6) is 0 Å². The Kier molecular flexibility index (Phi) is 6.10. The number of carbonyl (C=O) groups is 2. The van der Waals surface area contributed by atoms with Crippen LogP contribution in [0, 0.1) is 27.7 Å². The van der Waals surface area contributed by atoms with E-state index < -0.39 is 12.1 Å². The number of pyridine rings is 1. The van der Waals surface area contributed by atoms with Crippen molar-refractivity contribution in [3.05, 3.63) is 100 Å². The van der Waals surface area contributed by atoms with Gasteiger partial charge < -0.3 is 4.74 Å². The lowest BCUT2D eigenvalue weighted by molar-refractivity contribution is 0.0320. The Morgan fingerprint density at radius 2 is 1.36 bits per heavy atom. The summed E-state index contributed by atoms with van der Waals surface area (Å²) in [5.74, 6) is -0.749. The number of esters is 1. The minimum Gasteiger partial charge on any atom is -0.451 e. The summed E-state index contributed by atoms with van der Waals surface area (Å²) in [4.78, 5) is 31.1. The molecule has 1 atom stereocenters. The maximum atomic E-state index is 13.4. The fourth-order valence-corrected chi connectivity index (χ4v) is 3.95. The molecule has 33 heavy (non-hydrogen) atoms. The lowest BCUT2D eigenvalue weighted by atomic mass is 9.96. The predicted octanol–water partition coefficient (Wildman–Crippen LogP) is 6.56. The molecule has 0 aliphatic carbocycles. The smallest absolute Gasteiger partial charge is 0.339 e. The molecule has 0 saturated carbocycles. The number of fused-ring (bicyclic) bond motifs is 1. The third-order valence-electron chi connectivity index (χ3n) is 5.90. The Morgan fingerprint density at radius 1 is 0.788 bits per heavy atom. The molecule has 0 N–H and O–H groups in total. The van der Waals surface area contributed by atoms with Gasteiger partial charge in [-0.3, -0.25) is 4.79 Å². The summed E-state index contributed by atoms with van der Waals surface area (Å²) >= 11 is 0. The average molecular weight is 438 g/mol. The van der Waals surface area contributed by atoms with Crippen LogP contribution in [0.25, 0.3) is 22.2 Å². The molecule has 0 aliphatic heterocycles. The number of nitrogens with zero attached hydrogens (tertiary/aromatic N) is 1. The Morgan fingerprint density at radius 3 is 2.00 bits per heavy atom. The van der Waals surface area contributed by atoms with Crippen molar-refractivity contribution in [1.29, 1.82) is 0 Å². The number of carbonyl (C=O) groups excluding carboxylic acids is 2. The largest absolute Gasteiger partial charge is 0.451 e. The number of Topliss-reactive ketones (excluding diaryl/α,β-unsaturated/α-hetero) is 1. The second kappa shape index (κ2) is 8.99. The van der Waals surface area contributed by atoms with Gasteiger partial charge in [0.1, 0.15) is 0 Å². The third kappa shape index (κ3) is 4.56. The zero-order chi connectivity index (χ0) is 23.7. The van der Waals surface area contributed by atoms with Crippen molar-refractivity contribution in [2.24, 2.45) is 0 Å². The maximum Gasteiger partial charge on any atom is 0.339 e. The van der Waals surface area contributed by atoms with Gasteiger partial charge in [-0.05, 0) is 52.3 Å². The Hall–Kier alpha value is -3.79. The first-order valence-corrected chi connectivity index (χ1v) is 11.0. The van der Waals surface area contributed by atoms with Gasteiger partial charge in [-0.2, -0.15) is 0 Å². The quantitative estimate of drug-likeness (QED) is 0.262. The molecule has 4 heteroatoms. The molecule has 4 nitrogen and oxygen atoms in total. The van der Waals surface area contributed by atoms with Gasteiger partial charge in [0.2, 0.25) is 5.78 Å². The molecule has 0 spiro atoms. The number of ether oxygens (including phenoxy) is 1. The van der Waals surface area contributed by atoms with Crippen LogP contribution in [0.2, 0.25) is 0 Å². The van der Waals surface area contributed by atoms with Crippen molar-refractivity contribution in [3.8, 4) is 11.3 Å². The van der Waals surface area contributed by atoms with Gasteiger partial charge in [-0.25, -0.2) is 9.78 Å². The minimum atomic E-state index is -0.907. The first kappa shape index (κ1) is 22.4. The highest BCUT2D eigenvalue weighted by Crippen LogP contribution is 2.31. The molecule has 4 aromatic rings. The summed E-state index contributed by atoms with van der Waals surface area (Å²) in [7, 11) is 0. The van der Waals surface area contributed by atoms with Gasteiger partial charge in [0.15, 0.2) is 6.10 Å². The van der Waals surface area contributed by atoms with Crippen molar-refractivity contribution < 1.29 is 14.3 Å². The second-order valence-corrected chi connectivity index (χ2v) is 8.62. The summed E-state index contributed by atoms with van der Waals surface area (Å²) in [6.45, 7) is 9.46. The number of hydrogen-bond acceptors (Lipinski definition) is 4. The Balaban J connectivity index is 1.76. The number of rotatable bonds is 5. The van der Waals surface area contributed by atoms with Crippen molar-refractivity contribution in [1.82, 2.24) is 4.98 Å². The van der Waals surface area contributed by atoms with Gasteiger partial charge >= 0.3 is 5.97 Å². The van der Waals surface area contributed by atoms with E-state index in [9.17, 15) is 9.59 Å². The fraction of sp³-hybridized carbons (Fsp3) is 0.207. The monoisotopic (exact) mass is 437 g/mol. The topological polar surface area (TPSA) is 56.3 Å². The van der Waals surface area contributed by atoms with Gasteiger partial charge in [0.05, 0.1) is 16.8 Å². The first-order chi connectivity index (χ1) is 15.7. The predicted molar refractivity (Wildman–Crippen MR) is 132 cm³/mol. The lowest BCUT2D eigenvalue weighted by Crippen LogP contribution is -2.25. The lowest BCUT2D eigenvalue weighted by Gasteiger charge is -2.17. The fourth-order valence-electron chi connectivity index (χ4n) is 3.95. The van der Waals surface area contributed by atoms with Crippen LogP contribution >= 0.6 is 0 Å². The number of aryl methyl sites for hydroxylation is 3. The molecule has 0 bridgehead atoms. The van der Waals surface area contributed by atoms with Crippen molar-refractivity contribution >= 4 is 22.7 Å². The van der Waals surface area contributed by atoms with E-state index in [0.29, 0.717) is 16.6 Å². The van der Waals surface area contributed by atoms with E-state index >= 15 is 0 Å². The normalized spacial score (nSPS) is 11.9. The highest BCUT2D eigenvalue weighted by molar-refractivity contribution is 6.08. The molecule has 0 fully saturated rings. The van der Waals surface area contributed by atoms with Crippen molar-refractivity contribution in [2.75, 3.05) is 0 Å². The maximum absolute atomic E-state index is 13.4. The number of benzene rings is 3. The third-order valence-corrected chi connectivity index (χ3v) is 5.90. The summed E-state index contributed by atoms with van der Waals surface area (Å²) in [5, 5.41) is 0.725. The summed E-state index contributed by atoms with van der Waals surface area (Å²) in [6, 6.07) is 21.2. The molecule has 0 radical (unpaired) electrons. The van der Waals surface area contributed by atoms with E-state index in [1.54, 1.807) is 19.1 Å². The molecule has 4 rings (SSSR count). The van der Waals surface area contributed by atoms with Crippen LogP contribution in [0.3, 0.4) is 0 Å². The molecule has 0 amide bonds. The molecule has 0 saturated heterocycles. The van der Waals surface area contributed by atoms with E-state index in [-0.39, 0.29) is 5.78 Å². The van der Waals surface area contributed by atoms with Crippen LogP contribution < -0.4 is 0 Å². The zero-order valence-corrected chi connectivity index (χ0v) is 19.6. The number of hydrogen-bond donors (Lipinski definition) is 0. The van der Waals surface area contributed by atoms with E-state index in [0.717, 1.165) is 38.9 Å². The van der Waals surface area contributed by atoms with Crippen LogP contribution in [-0.2, 0) is 4.74 Å². The standard InChI is InChI=1S/C29H27NO3/c1-17-6-11-22(12-7-17)27-20(4)26(24-16-19(3)10-15-25(24)30-27)29(32)33-21(5)28(31)23-13-8-18(2)9-14-23/h6-16,21H,1-5H3/t21-/m0/s1. The van der Waals surface area contributed by atoms with E-state index in [4.69, 9.17) is 9.72 Å². The van der Waals surface area contributed by atoms with Crippen molar-refractivity contribution in [3.63, 3.8) is 0 Å². The molecular weight excluding hydrogens is 410 g/mol. The van der Waals surface area contributed by atoms with Crippen molar-refractivity contribution in [2.45, 2.75) is 40.7 Å². The van der Waals surface area contributed by atoms with Crippen LogP contribution in [0.4, 0.5) is 0 Å². The minimum absolute atomic E-state index is 0.227. The molecule has 166 valence electrons. The highest BCUT2D eigenvalue weighted by atomic mass is 16.5. The van der Waals surface area contributed by atoms with Gasteiger partial charge in [0.25, 0.3) is 0 Å². The van der Waals surface area contributed by atoms with Gasteiger partial charge in [0, 0.05) is 16.5 Å². The molecule has 3 aromatic carbocycles. The molecule has 1 heterocycles. The Bertz CT molecular complexity index is 1350. The van der Waals surface area contributed by atoms with E-state index in [1.165, 1.54) is 0 Å². The average Bonchev–Trinajstić information content (AvgIpc) is 2.79. The van der Waals surface area contributed by atoms with Crippen LogP contribution in [0.1, 0.15) is 49.9 Å². The molecule has 1 aromatic heterocycles. The first-order valence-electron chi connectivity index (χ1n) is 11.0. The number of ketones is 1. The van der Waals surface area contributed by atoms with Crippen LogP contribution in [0.15, 0.2) is 66.7 Å². The van der Waals surface area contributed by atoms with Crippen LogP contribution in [-0.4, -0.2) is 22.8 Å². The Labute approximate surface area is 194 Å². The summed E-state index contributed by atoms with van der Waals surface area (Å²) in [5.41, 5.74) is 7.31. The molecule has 0 aliphatic rings.